The van der Waals surface area contributed by atoms with Gasteiger partial charge >= 0.3 is 6.03 Å². The first-order valence-corrected chi connectivity index (χ1v) is 9.07. The van der Waals surface area contributed by atoms with Gasteiger partial charge in [0.05, 0.1) is 18.4 Å². The molecule has 6 nitrogen and oxygen atoms in total. The predicted molar refractivity (Wildman–Crippen MR) is 100 cm³/mol. The van der Waals surface area contributed by atoms with E-state index in [0.29, 0.717) is 5.13 Å². The maximum absolute atomic E-state index is 12.3. The average Bonchev–Trinajstić information content (AvgIpc) is 2.88. The number of aryl methyl sites for hydroxylation is 2. The van der Waals surface area contributed by atoms with Gasteiger partial charge in [-0.05, 0) is 26.3 Å². The second-order valence-electron chi connectivity index (χ2n) is 6.14. The van der Waals surface area contributed by atoms with Gasteiger partial charge in [-0.2, -0.15) is 0 Å². The van der Waals surface area contributed by atoms with Gasteiger partial charge in [-0.25, -0.2) is 9.78 Å². The van der Waals surface area contributed by atoms with Crippen LogP contribution in [0.3, 0.4) is 0 Å². The molecule has 1 unspecified atom stereocenters. The van der Waals surface area contributed by atoms with Gasteiger partial charge in [-0.1, -0.05) is 29.8 Å². The molecule has 1 aromatic heterocycles. The maximum Gasteiger partial charge on any atom is 0.323 e. The number of thiazole rings is 1. The van der Waals surface area contributed by atoms with Gasteiger partial charge in [-0.3, -0.25) is 5.32 Å². The molecule has 1 aromatic carbocycles. The molecule has 2 amide bonds. The van der Waals surface area contributed by atoms with Crippen LogP contribution in [0, 0.1) is 13.8 Å². The Balaban J connectivity index is 2.05. The van der Waals surface area contributed by atoms with Crippen molar-refractivity contribution in [2.45, 2.75) is 33.3 Å². The minimum atomic E-state index is -0.660. The van der Waals surface area contributed by atoms with Gasteiger partial charge in [0.15, 0.2) is 5.13 Å². The minimum absolute atomic E-state index is 0.157. The molecule has 0 aliphatic carbocycles. The Morgan fingerprint density at radius 3 is 2.60 bits per heavy atom. The summed E-state index contributed by atoms with van der Waals surface area (Å²) in [6.07, 6.45) is 0.112. The highest BCUT2D eigenvalue weighted by molar-refractivity contribution is 7.15. The molecule has 2 rings (SSSR count). The van der Waals surface area contributed by atoms with Crippen LogP contribution >= 0.6 is 11.3 Å². The van der Waals surface area contributed by atoms with Crippen molar-refractivity contribution in [3.8, 4) is 0 Å². The van der Waals surface area contributed by atoms with Gasteiger partial charge in [0, 0.05) is 24.4 Å². The van der Waals surface area contributed by atoms with E-state index in [4.69, 9.17) is 5.11 Å². The summed E-state index contributed by atoms with van der Waals surface area (Å²) in [5.74, 6) is 0. The summed E-state index contributed by atoms with van der Waals surface area (Å²) >= 11 is 1.45. The minimum Gasteiger partial charge on any atom is -0.395 e. The summed E-state index contributed by atoms with van der Waals surface area (Å²) in [5, 5.41) is 21.8. The Labute approximate surface area is 152 Å². The molecule has 2 aromatic rings. The monoisotopic (exact) mass is 363 g/mol. The van der Waals surface area contributed by atoms with Crippen LogP contribution < -0.4 is 5.32 Å². The molecule has 3 N–H and O–H groups in total. The van der Waals surface area contributed by atoms with Gasteiger partial charge in [0.1, 0.15) is 0 Å². The molecule has 0 aliphatic heterocycles. The molecule has 0 bridgehead atoms. The van der Waals surface area contributed by atoms with Crippen molar-refractivity contribution in [2.75, 3.05) is 25.0 Å². The lowest BCUT2D eigenvalue weighted by molar-refractivity contribution is 0.126. The Bertz CT molecular complexity index is 698. The molecule has 1 atom stereocenters. The van der Waals surface area contributed by atoms with E-state index in [1.54, 1.807) is 6.92 Å². The van der Waals surface area contributed by atoms with Crippen molar-refractivity contribution in [3.63, 3.8) is 0 Å². The fourth-order valence-corrected chi connectivity index (χ4v) is 3.41. The van der Waals surface area contributed by atoms with Crippen molar-refractivity contribution in [1.82, 2.24) is 9.88 Å². The van der Waals surface area contributed by atoms with Crippen molar-refractivity contribution in [2.24, 2.45) is 0 Å². The lowest BCUT2D eigenvalue weighted by Crippen LogP contribution is -2.41. The zero-order valence-corrected chi connectivity index (χ0v) is 15.6. The number of amides is 2. The molecule has 1 heterocycles. The Hall–Kier alpha value is -1.96. The number of hydrogen-bond acceptors (Lipinski definition) is 5. The quantitative estimate of drug-likeness (QED) is 0.706. The van der Waals surface area contributed by atoms with Gasteiger partial charge in [-0.15, -0.1) is 11.3 Å². The molecule has 0 radical (unpaired) electrons. The van der Waals surface area contributed by atoms with E-state index in [2.05, 4.69) is 41.5 Å². The fraction of sp³-hybridized carbons (Fsp3) is 0.444. The summed E-state index contributed by atoms with van der Waals surface area (Å²) in [6.45, 7) is 5.75. The number of aromatic nitrogens is 1. The highest BCUT2D eigenvalue weighted by Gasteiger charge is 2.17. The van der Waals surface area contributed by atoms with Crippen molar-refractivity contribution < 1.29 is 15.0 Å². The number of carbonyl (C=O) groups is 1. The molecule has 7 heteroatoms. The molecule has 0 aliphatic rings. The van der Waals surface area contributed by atoms with Gasteiger partial charge in [0.25, 0.3) is 0 Å². The number of hydrogen-bond donors (Lipinski definition) is 3. The van der Waals surface area contributed by atoms with E-state index in [9.17, 15) is 9.90 Å². The third-order valence-electron chi connectivity index (χ3n) is 3.73. The predicted octanol–water partition coefficient (Wildman–Crippen LogP) is 2.56. The van der Waals surface area contributed by atoms with Crippen LogP contribution in [0.15, 0.2) is 24.3 Å². The highest BCUT2D eigenvalue weighted by atomic mass is 32.1. The number of carbonyl (C=O) groups excluding carboxylic acids is 1. The topological polar surface area (TPSA) is 85.7 Å². The molecule has 25 heavy (non-hydrogen) atoms. The number of rotatable bonds is 7. The molecule has 0 spiro atoms. The Morgan fingerprint density at radius 1 is 1.32 bits per heavy atom. The van der Waals surface area contributed by atoms with Crippen molar-refractivity contribution in [1.29, 1.82) is 0 Å². The Kier molecular flexibility index (Phi) is 6.92. The SMILES string of the molecule is Cc1ccc(Cc2sc(NC(=O)N(CCO)CC(C)O)nc2C)cc1. The lowest BCUT2D eigenvalue weighted by Gasteiger charge is -2.22. The van der Waals surface area contributed by atoms with Crippen LogP contribution in [0.1, 0.15) is 28.6 Å². The number of aliphatic hydroxyl groups excluding tert-OH is 2. The second kappa shape index (κ2) is 8.94. The first-order valence-electron chi connectivity index (χ1n) is 8.25. The lowest BCUT2D eigenvalue weighted by atomic mass is 10.1. The molecule has 0 fully saturated rings. The normalized spacial score (nSPS) is 12.0. The van der Waals surface area contributed by atoms with Gasteiger partial charge in [0.2, 0.25) is 0 Å². The summed E-state index contributed by atoms with van der Waals surface area (Å²) in [7, 11) is 0. The zero-order chi connectivity index (χ0) is 18.4. The second-order valence-corrected chi connectivity index (χ2v) is 7.22. The summed E-state index contributed by atoms with van der Waals surface area (Å²) in [5.41, 5.74) is 3.32. The van der Waals surface area contributed by atoms with Crippen LogP contribution in [0.4, 0.5) is 9.93 Å². The molecule has 136 valence electrons. The van der Waals surface area contributed by atoms with E-state index in [1.807, 2.05) is 6.92 Å². The van der Waals surface area contributed by atoms with Gasteiger partial charge < -0.3 is 15.1 Å². The third kappa shape index (κ3) is 5.81. The zero-order valence-electron chi connectivity index (χ0n) is 14.8. The largest absolute Gasteiger partial charge is 0.395 e. The van der Waals surface area contributed by atoms with Crippen molar-refractivity contribution >= 4 is 22.5 Å². The van der Waals surface area contributed by atoms with Crippen LogP contribution in [0.25, 0.3) is 0 Å². The summed E-state index contributed by atoms with van der Waals surface area (Å²) < 4.78 is 0. The molecule has 0 saturated carbocycles. The highest BCUT2D eigenvalue weighted by Crippen LogP contribution is 2.25. The first kappa shape index (κ1) is 19.4. The van der Waals surface area contributed by atoms with Crippen molar-refractivity contribution in [3.05, 3.63) is 46.0 Å². The van der Waals surface area contributed by atoms with Crippen LogP contribution in [0.2, 0.25) is 0 Å². The van der Waals surface area contributed by atoms with E-state index < -0.39 is 6.10 Å². The standard InChI is InChI=1S/C18H25N3O3S/c1-12-4-6-15(7-5-12)10-16-14(3)19-17(25-16)20-18(24)21(8-9-22)11-13(2)23/h4-7,13,22-23H,8-11H2,1-3H3,(H,19,20,24). The number of aliphatic hydroxyl groups is 2. The van der Waals surface area contributed by atoms with E-state index in [0.717, 1.165) is 17.0 Å². The number of urea groups is 1. The third-order valence-corrected chi connectivity index (χ3v) is 4.81. The average molecular weight is 363 g/mol. The Morgan fingerprint density at radius 2 is 2.00 bits per heavy atom. The fourth-order valence-electron chi connectivity index (χ4n) is 2.42. The van der Waals surface area contributed by atoms with Crippen LogP contribution in [0.5, 0.6) is 0 Å². The molecule has 0 saturated heterocycles. The summed E-state index contributed by atoms with van der Waals surface area (Å²) in [4.78, 5) is 19.2. The number of benzene rings is 1. The van der Waals surface area contributed by atoms with E-state index in [-0.39, 0.29) is 25.7 Å². The maximum atomic E-state index is 12.3. The molecular formula is C18H25N3O3S. The summed E-state index contributed by atoms with van der Waals surface area (Å²) in [6, 6.07) is 7.98. The number of nitrogens with one attached hydrogen (secondary N) is 1. The van der Waals surface area contributed by atoms with Crippen LogP contribution in [-0.2, 0) is 6.42 Å². The number of anilines is 1. The molecular weight excluding hydrogens is 338 g/mol. The van der Waals surface area contributed by atoms with Crippen LogP contribution in [-0.4, -0.2) is 51.9 Å². The first-order chi connectivity index (χ1) is 11.9. The number of nitrogens with zero attached hydrogens (tertiary/aromatic N) is 2. The van der Waals surface area contributed by atoms with E-state index in [1.165, 1.54) is 27.4 Å². The smallest absolute Gasteiger partial charge is 0.323 e. The van der Waals surface area contributed by atoms with E-state index >= 15 is 0 Å².